The van der Waals surface area contributed by atoms with Crippen molar-refractivity contribution < 1.29 is 5.11 Å². The Morgan fingerprint density at radius 3 is 2.00 bits per heavy atom. The minimum absolute atomic E-state index is 0.115. The van der Waals surface area contributed by atoms with E-state index in [2.05, 4.69) is 30.6 Å². The number of nitrogens with zero attached hydrogens (tertiary/aromatic N) is 2. The molecule has 1 aliphatic carbocycles. The Morgan fingerprint density at radius 1 is 1.05 bits per heavy atom. The second kappa shape index (κ2) is 8.20. The van der Waals surface area contributed by atoms with E-state index in [0.29, 0.717) is 5.92 Å². The first-order valence-corrected chi connectivity index (χ1v) is 7.94. The number of rotatable bonds is 11. The third-order valence-electron chi connectivity index (χ3n) is 4.49. The van der Waals surface area contributed by atoms with Gasteiger partial charge in [0.25, 0.3) is 0 Å². The van der Waals surface area contributed by atoms with E-state index in [-0.39, 0.29) is 12.1 Å². The van der Waals surface area contributed by atoms with Crippen molar-refractivity contribution in [1.29, 1.82) is 0 Å². The summed E-state index contributed by atoms with van der Waals surface area (Å²) in [6.45, 7) is 13.1. The van der Waals surface area contributed by atoms with Crippen LogP contribution in [0.1, 0.15) is 40.0 Å². The highest BCUT2D eigenvalue weighted by Gasteiger charge is 2.42. The number of aliphatic hydroxyl groups is 1. The van der Waals surface area contributed by atoms with Crippen LogP contribution in [0, 0.1) is 5.92 Å². The largest absolute Gasteiger partial charge is 0.394 e. The minimum Gasteiger partial charge on any atom is -0.394 e. The van der Waals surface area contributed by atoms with Crippen LogP contribution in [0.25, 0.3) is 0 Å². The summed E-state index contributed by atoms with van der Waals surface area (Å²) in [4.78, 5) is 4.86. The van der Waals surface area contributed by atoms with Crippen LogP contribution in [0.5, 0.6) is 0 Å². The molecule has 19 heavy (non-hydrogen) atoms. The van der Waals surface area contributed by atoms with Gasteiger partial charge in [-0.05, 0) is 57.9 Å². The molecule has 1 fully saturated rings. The molecule has 0 bridgehead atoms. The second-order valence-electron chi connectivity index (χ2n) is 5.91. The lowest BCUT2D eigenvalue weighted by atomic mass is 9.95. The molecule has 1 unspecified atom stereocenters. The van der Waals surface area contributed by atoms with Gasteiger partial charge in [0, 0.05) is 6.54 Å². The summed E-state index contributed by atoms with van der Waals surface area (Å²) >= 11 is 0. The molecule has 0 spiro atoms. The van der Waals surface area contributed by atoms with Crippen LogP contribution in [0.15, 0.2) is 0 Å². The third-order valence-corrected chi connectivity index (χ3v) is 4.49. The molecule has 114 valence electrons. The van der Waals surface area contributed by atoms with Gasteiger partial charge in [0.05, 0.1) is 12.1 Å². The standard InChI is InChI=1S/C15H33N3O/c1-4-17(5-2)10-7-11-18(6-3)12-15(16,13-19)14-8-9-14/h14,19H,4-13,16H2,1-3H3. The van der Waals surface area contributed by atoms with Crippen LogP contribution in [-0.4, -0.2) is 66.3 Å². The highest BCUT2D eigenvalue weighted by atomic mass is 16.3. The average Bonchev–Trinajstić information content (AvgIpc) is 3.27. The molecule has 0 amide bonds. The Labute approximate surface area is 118 Å². The molecule has 1 saturated carbocycles. The van der Waals surface area contributed by atoms with Crippen LogP contribution in [-0.2, 0) is 0 Å². The molecule has 0 aromatic rings. The Balaban J connectivity index is 2.32. The van der Waals surface area contributed by atoms with Gasteiger partial charge in [-0.1, -0.05) is 20.8 Å². The first kappa shape index (κ1) is 16.9. The summed E-state index contributed by atoms with van der Waals surface area (Å²) in [5, 5.41) is 9.57. The highest BCUT2D eigenvalue weighted by Crippen LogP contribution is 2.38. The number of hydrogen-bond donors (Lipinski definition) is 2. The normalized spacial score (nSPS) is 19.1. The van der Waals surface area contributed by atoms with Gasteiger partial charge in [-0.2, -0.15) is 0 Å². The molecule has 3 N–H and O–H groups in total. The van der Waals surface area contributed by atoms with Crippen LogP contribution in [0.3, 0.4) is 0 Å². The monoisotopic (exact) mass is 271 g/mol. The van der Waals surface area contributed by atoms with E-state index in [1.54, 1.807) is 0 Å². The molecular formula is C15H33N3O. The summed E-state index contributed by atoms with van der Waals surface area (Å²) in [6, 6.07) is 0. The SMILES string of the molecule is CCN(CC)CCCN(CC)CC(N)(CO)C1CC1. The Hall–Kier alpha value is -0.160. The molecule has 4 heteroatoms. The summed E-state index contributed by atoms with van der Waals surface area (Å²) < 4.78 is 0. The van der Waals surface area contributed by atoms with Crippen LogP contribution in [0.2, 0.25) is 0 Å². The fourth-order valence-electron chi connectivity index (χ4n) is 2.79. The number of likely N-dealkylation sites (N-methyl/N-ethyl adjacent to an activating group) is 1. The topological polar surface area (TPSA) is 52.7 Å². The maximum atomic E-state index is 9.57. The summed E-state index contributed by atoms with van der Waals surface area (Å²) in [6.07, 6.45) is 3.56. The fourth-order valence-corrected chi connectivity index (χ4v) is 2.79. The van der Waals surface area contributed by atoms with Crippen molar-refractivity contribution in [2.75, 3.05) is 45.9 Å². The molecule has 0 aromatic heterocycles. The smallest absolute Gasteiger partial charge is 0.0626 e. The maximum Gasteiger partial charge on any atom is 0.0626 e. The molecule has 0 heterocycles. The zero-order valence-electron chi connectivity index (χ0n) is 13.1. The number of hydrogen-bond acceptors (Lipinski definition) is 4. The van der Waals surface area contributed by atoms with Gasteiger partial charge in [0.2, 0.25) is 0 Å². The first-order valence-electron chi connectivity index (χ1n) is 7.94. The Morgan fingerprint density at radius 2 is 1.58 bits per heavy atom. The lowest BCUT2D eigenvalue weighted by molar-refractivity contribution is 0.120. The molecule has 1 atom stereocenters. The van der Waals surface area contributed by atoms with Gasteiger partial charge in [0.15, 0.2) is 0 Å². The molecule has 0 aliphatic heterocycles. The van der Waals surface area contributed by atoms with Gasteiger partial charge >= 0.3 is 0 Å². The Kier molecular flexibility index (Phi) is 7.29. The third kappa shape index (κ3) is 5.38. The molecule has 0 aromatic carbocycles. The summed E-state index contributed by atoms with van der Waals surface area (Å²) in [5.74, 6) is 0.536. The second-order valence-corrected chi connectivity index (χ2v) is 5.91. The van der Waals surface area contributed by atoms with Gasteiger partial charge in [-0.25, -0.2) is 0 Å². The molecule has 1 aliphatic rings. The molecule has 0 saturated heterocycles. The maximum absolute atomic E-state index is 9.57. The van der Waals surface area contributed by atoms with Crippen molar-refractivity contribution in [2.24, 2.45) is 11.7 Å². The van der Waals surface area contributed by atoms with Gasteiger partial charge in [-0.15, -0.1) is 0 Å². The van der Waals surface area contributed by atoms with E-state index in [1.165, 1.54) is 19.3 Å². The minimum atomic E-state index is -0.370. The van der Waals surface area contributed by atoms with E-state index < -0.39 is 0 Å². The zero-order valence-corrected chi connectivity index (χ0v) is 13.1. The highest BCUT2D eigenvalue weighted by molar-refractivity contribution is 5.00. The van der Waals surface area contributed by atoms with Crippen LogP contribution < -0.4 is 5.73 Å². The van der Waals surface area contributed by atoms with Crippen LogP contribution >= 0.6 is 0 Å². The van der Waals surface area contributed by atoms with E-state index in [0.717, 1.165) is 39.3 Å². The predicted molar refractivity (Wildman–Crippen MR) is 81.2 cm³/mol. The van der Waals surface area contributed by atoms with E-state index in [4.69, 9.17) is 5.73 Å². The zero-order chi connectivity index (χ0) is 14.3. The Bertz CT molecular complexity index is 242. The molecule has 4 nitrogen and oxygen atoms in total. The molecule has 1 rings (SSSR count). The number of nitrogens with two attached hydrogens (primary N) is 1. The van der Waals surface area contributed by atoms with Crippen molar-refractivity contribution >= 4 is 0 Å². The molecular weight excluding hydrogens is 238 g/mol. The van der Waals surface area contributed by atoms with Crippen molar-refractivity contribution in [1.82, 2.24) is 9.80 Å². The molecule has 0 radical (unpaired) electrons. The fraction of sp³-hybridized carbons (Fsp3) is 1.00. The lowest BCUT2D eigenvalue weighted by Crippen LogP contribution is -2.55. The quantitative estimate of drug-likeness (QED) is 0.592. The van der Waals surface area contributed by atoms with Gasteiger partial charge in [0.1, 0.15) is 0 Å². The van der Waals surface area contributed by atoms with Crippen molar-refractivity contribution in [3.8, 4) is 0 Å². The van der Waals surface area contributed by atoms with Crippen LogP contribution in [0.4, 0.5) is 0 Å². The van der Waals surface area contributed by atoms with Gasteiger partial charge < -0.3 is 20.6 Å². The summed E-state index contributed by atoms with van der Waals surface area (Å²) in [5.41, 5.74) is 5.99. The predicted octanol–water partition coefficient (Wildman–Crippen LogP) is 1.14. The first-order chi connectivity index (χ1) is 9.09. The van der Waals surface area contributed by atoms with Crippen molar-refractivity contribution in [2.45, 2.75) is 45.6 Å². The average molecular weight is 271 g/mol. The number of aliphatic hydroxyl groups excluding tert-OH is 1. The van der Waals surface area contributed by atoms with E-state index in [1.807, 2.05) is 0 Å². The van der Waals surface area contributed by atoms with Gasteiger partial charge in [-0.3, -0.25) is 0 Å². The van der Waals surface area contributed by atoms with Crippen molar-refractivity contribution in [3.63, 3.8) is 0 Å². The van der Waals surface area contributed by atoms with E-state index in [9.17, 15) is 5.11 Å². The lowest BCUT2D eigenvalue weighted by Gasteiger charge is -2.34. The summed E-state index contributed by atoms with van der Waals surface area (Å²) in [7, 11) is 0. The van der Waals surface area contributed by atoms with Crippen molar-refractivity contribution in [3.05, 3.63) is 0 Å². The van der Waals surface area contributed by atoms with E-state index >= 15 is 0 Å².